The maximum absolute atomic E-state index is 13.6. The Morgan fingerprint density at radius 2 is 2.00 bits per heavy atom. The Bertz CT molecular complexity index is 789. The Kier molecular flexibility index (Phi) is 4.46. The van der Waals surface area contributed by atoms with Crippen LogP contribution in [0.1, 0.15) is 5.56 Å². The fourth-order valence-corrected chi connectivity index (χ4v) is 3.40. The molecule has 0 fully saturated rings. The first-order chi connectivity index (χ1) is 9.72. The van der Waals surface area contributed by atoms with E-state index in [2.05, 4.69) is 20.7 Å². The summed E-state index contributed by atoms with van der Waals surface area (Å²) in [6.07, 6.45) is 0. The molecule has 0 saturated carbocycles. The van der Waals surface area contributed by atoms with Gasteiger partial charge in [0.05, 0.1) is 20.1 Å². The molecule has 0 atom stereocenters. The molecule has 0 amide bonds. The first-order valence-corrected chi connectivity index (χ1v) is 8.40. The van der Waals surface area contributed by atoms with Gasteiger partial charge in [-0.15, -0.1) is 0 Å². The smallest absolute Gasteiger partial charge is 0.262 e. The van der Waals surface area contributed by atoms with Gasteiger partial charge in [-0.3, -0.25) is 4.72 Å². The van der Waals surface area contributed by atoms with Crippen molar-refractivity contribution >= 4 is 48.9 Å². The number of anilines is 2. The van der Waals surface area contributed by atoms with E-state index in [0.29, 0.717) is 9.50 Å². The van der Waals surface area contributed by atoms with E-state index >= 15 is 0 Å². The lowest BCUT2D eigenvalue weighted by Gasteiger charge is -2.12. The van der Waals surface area contributed by atoms with E-state index in [0.717, 1.165) is 6.07 Å². The van der Waals surface area contributed by atoms with Crippen LogP contribution >= 0.6 is 27.5 Å². The maximum Gasteiger partial charge on any atom is 0.262 e. The van der Waals surface area contributed by atoms with Gasteiger partial charge in [0.2, 0.25) is 0 Å². The van der Waals surface area contributed by atoms with E-state index in [-0.39, 0.29) is 21.8 Å². The van der Waals surface area contributed by atoms with E-state index in [9.17, 15) is 12.8 Å². The zero-order chi connectivity index (χ0) is 15.8. The number of nitrogens with two attached hydrogens (primary N) is 1. The van der Waals surface area contributed by atoms with E-state index < -0.39 is 15.8 Å². The summed E-state index contributed by atoms with van der Waals surface area (Å²) in [6.45, 7) is 1.47. The fourth-order valence-electron chi connectivity index (χ4n) is 1.62. The van der Waals surface area contributed by atoms with Gasteiger partial charge in [-0.05, 0) is 47.1 Å². The second kappa shape index (κ2) is 5.82. The zero-order valence-electron chi connectivity index (χ0n) is 10.8. The second-order valence-electron chi connectivity index (χ2n) is 4.33. The second-order valence-corrected chi connectivity index (χ2v) is 7.21. The van der Waals surface area contributed by atoms with Gasteiger partial charge in [-0.2, -0.15) is 0 Å². The first kappa shape index (κ1) is 16.1. The van der Waals surface area contributed by atoms with Gasteiger partial charge in [-0.1, -0.05) is 17.7 Å². The monoisotopic (exact) mass is 392 g/mol. The average molecular weight is 394 g/mol. The van der Waals surface area contributed by atoms with Crippen molar-refractivity contribution in [3.8, 4) is 0 Å². The van der Waals surface area contributed by atoms with Crippen LogP contribution in [0, 0.1) is 12.7 Å². The highest BCUT2D eigenvalue weighted by Gasteiger charge is 2.19. The lowest BCUT2D eigenvalue weighted by Crippen LogP contribution is -2.14. The highest BCUT2D eigenvalue weighted by atomic mass is 79.9. The number of nitrogen functional groups attached to an aromatic ring is 1. The van der Waals surface area contributed by atoms with Gasteiger partial charge >= 0.3 is 0 Å². The summed E-state index contributed by atoms with van der Waals surface area (Å²) < 4.78 is 41.0. The Morgan fingerprint density at radius 3 is 2.62 bits per heavy atom. The van der Waals surface area contributed by atoms with E-state index in [4.69, 9.17) is 17.3 Å². The first-order valence-electron chi connectivity index (χ1n) is 5.75. The van der Waals surface area contributed by atoms with E-state index in [1.807, 2.05) is 0 Å². The summed E-state index contributed by atoms with van der Waals surface area (Å²) >= 11 is 9.09. The lowest BCUT2D eigenvalue weighted by molar-refractivity contribution is 0.593. The highest BCUT2D eigenvalue weighted by molar-refractivity contribution is 9.10. The molecule has 2 rings (SSSR count). The molecule has 21 heavy (non-hydrogen) atoms. The summed E-state index contributed by atoms with van der Waals surface area (Å²) in [5.41, 5.74) is 6.13. The van der Waals surface area contributed by atoms with Gasteiger partial charge in [0.25, 0.3) is 10.0 Å². The Morgan fingerprint density at radius 1 is 1.33 bits per heavy atom. The molecular weight excluding hydrogens is 383 g/mol. The number of nitrogens with one attached hydrogen (secondary N) is 1. The molecule has 0 saturated heterocycles. The molecule has 0 radical (unpaired) electrons. The molecule has 0 heterocycles. The normalized spacial score (nSPS) is 11.4. The van der Waals surface area contributed by atoms with Crippen molar-refractivity contribution in [1.82, 2.24) is 0 Å². The SMILES string of the molecule is Cc1c(N)cc(S(=O)(=O)Nc2cccc(Cl)c2Br)cc1F. The van der Waals surface area contributed by atoms with Gasteiger partial charge in [0.15, 0.2) is 0 Å². The predicted octanol–water partition coefficient (Wildman–Crippen LogP) is 3.93. The highest BCUT2D eigenvalue weighted by Crippen LogP contribution is 2.32. The number of benzene rings is 2. The standard InChI is InChI=1S/C13H11BrClFN2O2S/c1-7-10(16)5-8(6-11(7)17)21(19,20)18-12-4-2-3-9(15)13(12)14/h2-6,18H,17H2,1H3. The number of hydrogen-bond acceptors (Lipinski definition) is 3. The number of sulfonamides is 1. The Hall–Kier alpha value is -1.31. The number of rotatable bonds is 3. The minimum absolute atomic E-state index is 0.0699. The summed E-state index contributed by atoms with van der Waals surface area (Å²) in [6, 6.07) is 6.86. The summed E-state index contributed by atoms with van der Waals surface area (Å²) in [7, 11) is -3.97. The molecule has 0 aliphatic rings. The largest absolute Gasteiger partial charge is 0.398 e. The zero-order valence-corrected chi connectivity index (χ0v) is 14.0. The summed E-state index contributed by atoms with van der Waals surface area (Å²) in [5, 5.41) is 0.352. The fraction of sp³-hybridized carbons (Fsp3) is 0.0769. The predicted molar refractivity (Wildman–Crippen MR) is 85.5 cm³/mol. The van der Waals surface area contributed by atoms with Crippen molar-refractivity contribution in [2.75, 3.05) is 10.5 Å². The third kappa shape index (κ3) is 3.30. The third-order valence-electron chi connectivity index (χ3n) is 2.86. The molecule has 0 unspecified atom stereocenters. The quantitative estimate of drug-likeness (QED) is 0.776. The minimum Gasteiger partial charge on any atom is -0.398 e. The van der Waals surface area contributed by atoms with Crippen molar-refractivity contribution in [2.24, 2.45) is 0 Å². The molecule has 0 bridgehead atoms. The van der Waals surface area contributed by atoms with E-state index in [1.165, 1.54) is 19.1 Å². The Balaban J connectivity index is 2.46. The molecule has 8 heteroatoms. The molecule has 3 N–H and O–H groups in total. The van der Waals surface area contributed by atoms with Crippen molar-refractivity contribution in [2.45, 2.75) is 11.8 Å². The van der Waals surface area contributed by atoms with Crippen LogP contribution < -0.4 is 10.5 Å². The van der Waals surface area contributed by atoms with Gasteiger partial charge in [-0.25, -0.2) is 12.8 Å². The van der Waals surface area contributed by atoms with Crippen LogP contribution in [0.15, 0.2) is 39.7 Å². The number of hydrogen-bond donors (Lipinski definition) is 2. The summed E-state index contributed by atoms with van der Waals surface area (Å²) in [5.74, 6) is -0.680. The molecule has 112 valence electrons. The molecule has 4 nitrogen and oxygen atoms in total. The molecule has 0 aliphatic carbocycles. The van der Waals surface area contributed by atoms with Crippen molar-refractivity contribution < 1.29 is 12.8 Å². The molecule has 2 aromatic carbocycles. The minimum atomic E-state index is -3.97. The van der Waals surface area contributed by atoms with Crippen LogP contribution in [0.3, 0.4) is 0 Å². The average Bonchev–Trinajstić information content (AvgIpc) is 2.40. The van der Waals surface area contributed by atoms with Crippen LogP contribution in [0.25, 0.3) is 0 Å². The Labute approximate surface area is 135 Å². The molecular formula is C13H11BrClFN2O2S. The van der Waals surface area contributed by atoms with E-state index in [1.54, 1.807) is 12.1 Å². The third-order valence-corrected chi connectivity index (χ3v) is 5.61. The van der Waals surface area contributed by atoms with Gasteiger partial charge < -0.3 is 5.73 Å². The van der Waals surface area contributed by atoms with Crippen LogP contribution in [-0.2, 0) is 10.0 Å². The number of halogens is 3. The molecule has 0 aromatic heterocycles. The van der Waals surface area contributed by atoms with Gasteiger partial charge in [0.1, 0.15) is 5.82 Å². The summed E-state index contributed by atoms with van der Waals surface area (Å²) in [4.78, 5) is -0.255. The van der Waals surface area contributed by atoms with Crippen LogP contribution in [-0.4, -0.2) is 8.42 Å². The molecule has 0 spiro atoms. The van der Waals surface area contributed by atoms with Crippen LogP contribution in [0.5, 0.6) is 0 Å². The van der Waals surface area contributed by atoms with Crippen LogP contribution in [0.4, 0.5) is 15.8 Å². The van der Waals surface area contributed by atoms with Crippen LogP contribution in [0.2, 0.25) is 5.02 Å². The van der Waals surface area contributed by atoms with Gasteiger partial charge in [0, 0.05) is 11.3 Å². The lowest BCUT2D eigenvalue weighted by atomic mass is 10.2. The molecule has 2 aromatic rings. The van der Waals surface area contributed by atoms with Crippen molar-refractivity contribution in [3.63, 3.8) is 0 Å². The molecule has 0 aliphatic heterocycles. The maximum atomic E-state index is 13.6. The van der Waals surface area contributed by atoms with Crippen molar-refractivity contribution in [1.29, 1.82) is 0 Å². The van der Waals surface area contributed by atoms with Crippen molar-refractivity contribution in [3.05, 3.63) is 51.2 Å². The topological polar surface area (TPSA) is 72.2 Å².